The van der Waals surface area contributed by atoms with E-state index in [0.29, 0.717) is 0 Å². The fraction of sp³-hybridized carbons (Fsp3) is 0.263. The third-order valence-corrected chi connectivity index (χ3v) is 6.80. The lowest BCUT2D eigenvalue weighted by Gasteiger charge is -2.26. The van der Waals surface area contributed by atoms with Crippen LogP contribution in [0.4, 0.5) is 27.6 Å². The van der Waals surface area contributed by atoms with Crippen molar-refractivity contribution in [2.24, 2.45) is 0 Å². The third-order valence-electron chi connectivity index (χ3n) is 4.57. The number of nitrogens with zero attached hydrogens (tertiary/aromatic N) is 1. The fourth-order valence-electron chi connectivity index (χ4n) is 2.86. The van der Waals surface area contributed by atoms with Gasteiger partial charge in [0.15, 0.2) is 29.9 Å². The van der Waals surface area contributed by atoms with Crippen LogP contribution in [0, 0.1) is 29.1 Å². The summed E-state index contributed by atoms with van der Waals surface area (Å²) in [5.41, 5.74) is -2.07. The van der Waals surface area contributed by atoms with Crippen molar-refractivity contribution in [3.8, 4) is 0 Å². The van der Waals surface area contributed by atoms with Crippen LogP contribution in [0.1, 0.15) is 10.4 Å². The van der Waals surface area contributed by atoms with Crippen LogP contribution in [0.5, 0.6) is 0 Å². The van der Waals surface area contributed by atoms with E-state index in [0.717, 1.165) is 22.5 Å². The number of esters is 1. The number of halogens is 6. The first-order valence-electron chi connectivity index (χ1n) is 9.31. The first kappa shape index (κ1) is 25.8. The maximum absolute atomic E-state index is 13.7. The highest BCUT2D eigenvalue weighted by molar-refractivity contribution is 7.89. The third kappa shape index (κ3) is 5.14. The number of morpholine rings is 1. The van der Waals surface area contributed by atoms with Crippen molar-refractivity contribution in [3.63, 3.8) is 0 Å². The van der Waals surface area contributed by atoms with Crippen LogP contribution in [0.3, 0.4) is 0 Å². The van der Waals surface area contributed by atoms with E-state index in [9.17, 15) is 40.0 Å². The number of nitrogens with one attached hydrogen (secondary N) is 1. The smallest absolute Gasteiger partial charge is 0.340 e. The number of hydrogen-bond acceptors (Lipinski definition) is 6. The Hall–Kier alpha value is -2.81. The van der Waals surface area contributed by atoms with Crippen LogP contribution in [-0.4, -0.2) is 57.5 Å². The van der Waals surface area contributed by atoms with Crippen LogP contribution in [0.15, 0.2) is 23.1 Å². The van der Waals surface area contributed by atoms with Gasteiger partial charge in [-0.1, -0.05) is 11.6 Å². The number of carbonyl (C=O) groups excluding carboxylic acids is 2. The van der Waals surface area contributed by atoms with Gasteiger partial charge in [0.25, 0.3) is 5.91 Å². The molecule has 1 aliphatic rings. The molecule has 2 aromatic carbocycles. The zero-order chi connectivity index (χ0) is 25.2. The normalized spacial score (nSPS) is 14.6. The molecule has 8 nitrogen and oxygen atoms in total. The van der Waals surface area contributed by atoms with Crippen molar-refractivity contribution in [3.05, 3.63) is 57.9 Å². The Kier molecular flexibility index (Phi) is 7.75. The molecule has 184 valence electrons. The van der Waals surface area contributed by atoms with Gasteiger partial charge in [-0.2, -0.15) is 4.31 Å². The van der Waals surface area contributed by atoms with E-state index in [4.69, 9.17) is 16.3 Å². The molecule has 34 heavy (non-hydrogen) atoms. The molecule has 0 atom stereocenters. The summed E-state index contributed by atoms with van der Waals surface area (Å²) in [7, 11) is -4.01. The maximum atomic E-state index is 13.7. The predicted octanol–water partition coefficient (Wildman–Crippen LogP) is 2.85. The first-order chi connectivity index (χ1) is 15.9. The van der Waals surface area contributed by atoms with Crippen molar-refractivity contribution < 1.29 is 49.4 Å². The van der Waals surface area contributed by atoms with Gasteiger partial charge in [0.1, 0.15) is 5.69 Å². The summed E-state index contributed by atoms with van der Waals surface area (Å²) < 4.78 is 103. The molecule has 0 saturated carbocycles. The molecular weight excluding hydrogens is 515 g/mol. The lowest BCUT2D eigenvalue weighted by molar-refractivity contribution is -0.119. The van der Waals surface area contributed by atoms with Gasteiger partial charge >= 0.3 is 5.97 Å². The summed E-state index contributed by atoms with van der Waals surface area (Å²) in [6.07, 6.45) is 0. The Labute approximate surface area is 194 Å². The summed E-state index contributed by atoms with van der Waals surface area (Å²) in [6, 6.07) is 3.18. The number of hydrogen-bond donors (Lipinski definition) is 1. The molecule has 0 bridgehead atoms. The van der Waals surface area contributed by atoms with Crippen LogP contribution in [0.2, 0.25) is 5.02 Å². The van der Waals surface area contributed by atoms with Crippen molar-refractivity contribution in [2.45, 2.75) is 4.90 Å². The number of anilines is 1. The second-order valence-corrected chi connectivity index (χ2v) is 9.07. The minimum Gasteiger partial charge on any atom is -0.452 e. The van der Waals surface area contributed by atoms with Gasteiger partial charge in [0.05, 0.1) is 28.7 Å². The lowest BCUT2D eigenvalue weighted by Crippen LogP contribution is -2.40. The summed E-state index contributed by atoms with van der Waals surface area (Å²) in [5, 5.41) is 1.20. The quantitative estimate of drug-likeness (QED) is 0.268. The monoisotopic (exact) mass is 528 g/mol. The Bertz CT molecular complexity index is 1230. The number of carbonyl (C=O) groups is 2. The van der Waals surface area contributed by atoms with Gasteiger partial charge in [-0.05, 0) is 18.2 Å². The lowest BCUT2D eigenvalue weighted by atomic mass is 10.2. The molecule has 1 fully saturated rings. The zero-order valence-electron chi connectivity index (χ0n) is 16.8. The fourth-order valence-corrected chi connectivity index (χ4v) is 4.49. The van der Waals surface area contributed by atoms with Gasteiger partial charge in [-0.25, -0.2) is 35.2 Å². The average Bonchev–Trinajstić information content (AvgIpc) is 2.83. The topological polar surface area (TPSA) is 102 Å². The summed E-state index contributed by atoms with van der Waals surface area (Å²) in [5.74, 6) is -14.3. The zero-order valence-corrected chi connectivity index (χ0v) is 18.4. The number of benzene rings is 2. The molecule has 1 heterocycles. The molecule has 15 heteroatoms. The Morgan fingerprint density at radius 1 is 1.00 bits per heavy atom. The molecule has 1 aliphatic heterocycles. The summed E-state index contributed by atoms with van der Waals surface area (Å²) in [6.45, 7) is -0.681. The first-order valence-corrected chi connectivity index (χ1v) is 11.1. The molecule has 1 saturated heterocycles. The second kappa shape index (κ2) is 10.2. The van der Waals surface area contributed by atoms with Gasteiger partial charge in [0.2, 0.25) is 15.8 Å². The predicted molar refractivity (Wildman–Crippen MR) is 106 cm³/mol. The molecule has 0 spiro atoms. The largest absolute Gasteiger partial charge is 0.452 e. The molecule has 1 N–H and O–H groups in total. The summed E-state index contributed by atoms with van der Waals surface area (Å²) >= 11 is 5.92. The van der Waals surface area contributed by atoms with Crippen LogP contribution < -0.4 is 5.32 Å². The maximum Gasteiger partial charge on any atom is 0.340 e. The average molecular weight is 529 g/mol. The van der Waals surface area contributed by atoms with E-state index in [-0.39, 0.29) is 36.2 Å². The standard InChI is InChI=1S/C19H14ClF5N2O6S/c20-11-2-1-9(34(30,31)27-3-5-32-6-4-27)7-10(11)19(29)33-8-12(28)26-18-16(24)14(22)13(21)15(23)17(18)25/h1-2,7H,3-6,8H2,(H,26,28). The molecule has 3 rings (SSSR count). The van der Waals surface area contributed by atoms with E-state index in [1.807, 2.05) is 0 Å². The molecule has 2 aromatic rings. The van der Waals surface area contributed by atoms with E-state index in [1.165, 1.54) is 5.32 Å². The Morgan fingerprint density at radius 2 is 1.56 bits per heavy atom. The van der Waals surface area contributed by atoms with E-state index < -0.39 is 68.8 Å². The van der Waals surface area contributed by atoms with Crippen molar-refractivity contribution >= 4 is 39.2 Å². The molecular formula is C19H14ClF5N2O6S. The molecule has 0 unspecified atom stereocenters. The highest BCUT2D eigenvalue weighted by Crippen LogP contribution is 2.27. The minimum absolute atomic E-state index is 0.0859. The molecule has 0 radical (unpaired) electrons. The highest BCUT2D eigenvalue weighted by Gasteiger charge is 2.29. The number of ether oxygens (including phenoxy) is 2. The van der Waals surface area contributed by atoms with Crippen molar-refractivity contribution in [1.29, 1.82) is 0 Å². The Balaban J connectivity index is 1.73. The van der Waals surface area contributed by atoms with Gasteiger partial charge in [-0.3, -0.25) is 4.79 Å². The molecule has 1 amide bonds. The van der Waals surface area contributed by atoms with Crippen molar-refractivity contribution in [1.82, 2.24) is 4.31 Å². The summed E-state index contributed by atoms with van der Waals surface area (Å²) in [4.78, 5) is 23.9. The van der Waals surface area contributed by atoms with Crippen molar-refractivity contribution in [2.75, 3.05) is 38.2 Å². The number of rotatable bonds is 6. The number of amides is 1. The van der Waals surface area contributed by atoms with Gasteiger partial charge in [-0.15, -0.1) is 0 Å². The van der Waals surface area contributed by atoms with Crippen LogP contribution in [0.25, 0.3) is 0 Å². The van der Waals surface area contributed by atoms with E-state index >= 15 is 0 Å². The Morgan fingerprint density at radius 3 is 2.15 bits per heavy atom. The second-order valence-electron chi connectivity index (χ2n) is 6.73. The highest BCUT2D eigenvalue weighted by atomic mass is 35.5. The number of sulfonamides is 1. The molecule has 0 aliphatic carbocycles. The van der Waals surface area contributed by atoms with Gasteiger partial charge in [0, 0.05) is 13.1 Å². The van der Waals surface area contributed by atoms with E-state index in [2.05, 4.69) is 4.74 Å². The van der Waals surface area contributed by atoms with E-state index in [1.54, 1.807) is 0 Å². The SMILES string of the molecule is O=C(COC(=O)c1cc(S(=O)(=O)N2CCOCC2)ccc1Cl)Nc1c(F)c(F)c(F)c(F)c1F. The molecule has 0 aromatic heterocycles. The van der Waals surface area contributed by atoms with Crippen LogP contribution in [-0.2, 0) is 24.3 Å². The minimum atomic E-state index is -4.01. The van der Waals surface area contributed by atoms with Gasteiger partial charge < -0.3 is 14.8 Å². The van der Waals surface area contributed by atoms with Crippen LogP contribution >= 0.6 is 11.6 Å².